The van der Waals surface area contributed by atoms with Gasteiger partial charge in [0.25, 0.3) is 0 Å². The lowest BCUT2D eigenvalue weighted by Crippen LogP contribution is -2.24. The Labute approximate surface area is 172 Å². The lowest BCUT2D eigenvalue weighted by molar-refractivity contribution is -0.111. The number of carbonyl (C=O) groups excluding carboxylic acids is 2. The zero-order valence-corrected chi connectivity index (χ0v) is 17.5. The smallest absolute Gasteiger partial charge is 0.342 e. The van der Waals surface area contributed by atoms with E-state index in [1.54, 1.807) is 17.4 Å². The van der Waals surface area contributed by atoms with Crippen molar-refractivity contribution in [3.8, 4) is 11.1 Å². The number of anilines is 1. The molecule has 144 valence electrons. The second-order valence-electron chi connectivity index (χ2n) is 7.06. The van der Waals surface area contributed by atoms with Crippen LogP contribution in [-0.4, -0.2) is 17.5 Å². The Morgan fingerprint density at radius 1 is 1.04 bits per heavy atom. The first-order valence-electron chi connectivity index (χ1n) is 8.76. The summed E-state index contributed by atoms with van der Waals surface area (Å²) < 4.78 is 5.59. The van der Waals surface area contributed by atoms with E-state index in [1.807, 2.05) is 74.0 Å². The lowest BCUT2D eigenvalue weighted by Gasteiger charge is -2.20. The standard InChI is InChI=1S/C22H21NO3S2/c1-22(2,3)26-21(25)19-17(15-8-5-4-6-9-15)14-28-20(19)23-18(24)12-11-16-10-7-13-27-16/h4-14H,1-3H3,(H,23,24)/b12-11+. The first kappa shape index (κ1) is 20.0. The monoisotopic (exact) mass is 411 g/mol. The highest BCUT2D eigenvalue weighted by Crippen LogP contribution is 2.37. The van der Waals surface area contributed by atoms with Gasteiger partial charge in [-0.3, -0.25) is 4.79 Å². The van der Waals surface area contributed by atoms with Crippen LogP contribution in [0, 0.1) is 0 Å². The first-order valence-corrected chi connectivity index (χ1v) is 10.5. The summed E-state index contributed by atoms with van der Waals surface area (Å²) in [5.41, 5.74) is 1.39. The molecule has 0 radical (unpaired) electrons. The SMILES string of the molecule is CC(C)(C)OC(=O)c1c(-c2ccccc2)csc1NC(=O)/C=C/c1cccs1. The van der Waals surface area contributed by atoms with Crippen molar-refractivity contribution in [3.05, 3.63) is 69.7 Å². The first-order chi connectivity index (χ1) is 13.3. The molecule has 1 N–H and O–H groups in total. The molecule has 3 aromatic rings. The topological polar surface area (TPSA) is 55.4 Å². The quantitative estimate of drug-likeness (QED) is 0.409. The molecule has 4 nitrogen and oxygen atoms in total. The van der Waals surface area contributed by atoms with E-state index in [1.165, 1.54) is 17.4 Å². The van der Waals surface area contributed by atoms with Crippen molar-refractivity contribution >= 4 is 45.6 Å². The number of carbonyl (C=O) groups is 2. The molecule has 0 aliphatic heterocycles. The summed E-state index contributed by atoms with van der Waals surface area (Å²) in [5, 5.41) is 7.12. The molecule has 0 aliphatic rings. The minimum absolute atomic E-state index is 0.292. The number of benzene rings is 1. The Bertz CT molecular complexity index is 981. The van der Waals surface area contributed by atoms with Crippen molar-refractivity contribution in [3.63, 3.8) is 0 Å². The van der Waals surface area contributed by atoms with E-state index in [0.717, 1.165) is 16.0 Å². The van der Waals surface area contributed by atoms with Gasteiger partial charge in [-0.15, -0.1) is 22.7 Å². The molecule has 1 aromatic carbocycles. The Kier molecular flexibility index (Phi) is 6.11. The molecule has 0 aliphatic carbocycles. The minimum atomic E-state index is -0.632. The number of thiophene rings is 2. The van der Waals surface area contributed by atoms with Gasteiger partial charge in [0.2, 0.25) is 5.91 Å². The summed E-state index contributed by atoms with van der Waals surface area (Å²) in [6.07, 6.45) is 3.21. The number of hydrogen-bond acceptors (Lipinski definition) is 5. The fraction of sp³-hybridized carbons (Fsp3) is 0.182. The molecule has 0 spiro atoms. The van der Waals surface area contributed by atoms with Gasteiger partial charge < -0.3 is 10.1 Å². The maximum Gasteiger partial charge on any atom is 0.342 e. The summed E-state index contributed by atoms with van der Waals surface area (Å²) in [7, 11) is 0. The van der Waals surface area contributed by atoms with Gasteiger partial charge in [-0.1, -0.05) is 36.4 Å². The van der Waals surface area contributed by atoms with Crippen LogP contribution >= 0.6 is 22.7 Å². The van der Waals surface area contributed by atoms with Crippen LogP contribution in [0.1, 0.15) is 36.0 Å². The highest BCUT2D eigenvalue weighted by atomic mass is 32.1. The highest BCUT2D eigenvalue weighted by Gasteiger charge is 2.26. The van der Waals surface area contributed by atoms with Gasteiger partial charge in [-0.05, 0) is 43.9 Å². The number of nitrogens with one attached hydrogen (secondary N) is 1. The summed E-state index contributed by atoms with van der Waals surface area (Å²) in [4.78, 5) is 26.2. The third-order valence-electron chi connectivity index (χ3n) is 3.66. The molecule has 0 bridgehead atoms. The number of esters is 1. The number of amides is 1. The molecule has 0 unspecified atom stereocenters. The number of rotatable bonds is 5. The normalized spacial score (nSPS) is 11.5. The zero-order valence-electron chi connectivity index (χ0n) is 15.9. The molecular formula is C22H21NO3S2. The van der Waals surface area contributed by atoms with E-state index >= 15 is 0 Å². The second-order valence-corrected chi connectivity index (χ2v) is 8.92. The summed E-state index contributed by atoms with van der Waals surface area (Å²) in [6, 6.07) is 13.5. The Hall–Kier alpha value is -2.70. The van der Waals surface area contributed by atoms with Crippen molar-refractivity contribution in [1.82, 2.24) is 0 Å². The molecule has 6 heteroatoms. The van der Waals surface area contributed by atoms with Crippen molar-refractivity contribution in [2.45, 2.75) is 26.4 Å². The van der Waals surface area contributed by atoms with Crippen molar-refractivity contribution < 1.29 is 14.3 Å². The third-order valence-corrected chi connectivity index (χ3v) is 5.39. The van der Waals surface area contributed by atoms with Gasteiger partial charge in [0, 0.05) is 21.9 Å². The fourth-order valence-corrected chi connectivity index (χ4v) is 4.09. The Balaban J connectivity index is 1.91. The average Bonchev–Trinajstić information content (AvgIpc) is 3.29. The number of hydrogen-bond donors (Lipinski definition) is 1. The van der Waals surface area contributed by atoms with Gasteiger partial charge in [-0.25, -0.2) is 4.79 Å². The minimum Gasteiger partial charge on any atom is -0.456 e. The summed E-state index contributed by atoms with van der Waals surface area (Å²) >= 11 is 2.86. The van der Waals surface area contributed by atoms with E-state index in [2.05, 4.69) is 5.32 Å². The fourth-order valence-electron chi connectivity index (χ4n) is 2.51. The largest absolute Gasteiger partial charge is 0.456 e. The van der Waals surface area contributed by atoms with Gasteiger partial charge in [0.1, 0.15) is 16.2 Å². The van der Waals surface area contributed by atoms with Crippen LogP contribution in [0.3, 0.4) is 0 Å². The van der Waals surface area contributed by atoms with Crippen LogP contribution in [0.25, 0.3) is 17.2 Å². The lowest BCUT2D eigenvalue weighted by atomic mass is 10.0. The van der Waals surface area contributed by atoms with Crippen LogP contribution in [0.2, 0.25) is 0 Å². The molecule has 0 saturated heterocycles. The van der Waals surface area contributed by atoms with Crippen LogP contribution in [0.15, 0.2) is 59.3 Å². The molecule has 0 atom stereocenters. The number of ether oxygens (including phenoxy) is 1. The maximum atomic E-state index is 12.9. The Morgan fingerprint density at radius 2 is 1.79 bits per heavy atom. The highest BCUT2D eigenvalue weighted by molar-refractivity contribution is 7.15. The van der Waals surface area contributed by atoms with Crippen LogP contribution in [-0.2, 0) is 9.53 Å². The molecular weight excluding hydrogens is 390 g/mol. The predicted octanol–water partition coefficient (Wildman–Crippen LogP) is 6.08. The van der Waals surface area contributed by atoms with E-state index in [0.29, 0.717) is 10.6 Å². The molecule has 2 aromatic heterocycles. The molecule has 28 heavy (non-hydrogen) atoms. The van der Waals surface area contributed by atoms with E-state index in [4.69, 9.17) is 4.74 Å². The zero-order chi connectivity index (χ0) is 20.1. The molecule has 2 heterocycles. The second kappa shape index (κ2) is 8.54. The summed E-state index contributed by atoms with van der Waals surface area (Å²) in [5.74, 6) is -0.746. The molecule has 0 saturated carbocycles. The van der Waals surface area contributed by atoms with Gasteiger partial charge in [-0.2, -0.15) is 0 Å². The molecule has 1 amide bonds. The molecule has 0 fully saturated rings. The van der Waals surface area contributed by atoms with Crippen LogP contribution < -0.4 is 5.32 Å². The Morgan fingerprint density at radius 3 is 2.43 bits per heavy atom. The van der Waals surface area contributed by atoms with Gasteiger partial charge in [0.05, 0.1) is 0 Å². The van der Waals surface area contributed by atoms with Crippen LogP contribution in [0.4, 0.5) is 5.00 Å². The van der Waals surface area contributed by atoms with Crippen LogP contribution in [0.5, 0.6) is 0 Å². The van der Waals surface area contributed by atoms with Crippen molar-refractivity contribution in [1.29, 1.82) is 0 Å². The van der Waals surface area contributed by atoms with Crippen molar-refractivity contribution in [2.24, 2.45) is 0 Å². The van der Waals surface area contributed by atoms with E-state index < -0.39 is 11.6 Å². The average molecular weight is 412 g/mol. The van der Waals surface area contributed by atoms with Crippen molar-refractivity contribution in [2.75, 3.05) is 5.32 Å². The van der Waals surface area contributed by atoms with Gasteiger partial charge in [0.15, 0.2) is 0 Å². The van der Waals surface area contributed by atoms with E-state index in [9.17, 15) is 9.59 Å². The molecule has 3 rings (SSSR count). The van der Waals surface area contributed by atoms with Gasteiger partial charge >= 0.3 is 5.97 Å². The van der Waals surface area contributed by atoms with E-state index in [-0.39, 0.29) is 5.91 Å². The third kappa shape index (κ3) is 5.18. The maximum absolute atomic E-state index is 12.9. The predicted molar refractivity (Wildman–Crippen MR) is 117 cm³/mol. The summed E-state index contributed by atoms with van der Waals surface area (Å²) in [6.45, 7) is 5.46.